The highest BCUT2D eigenvalue weighted by Crippen LogP contribution is 2.27. The number of hydrogen-bond donors (Lipinski definition) is 0. The van der Waals surface area contributed by atoms with Gasteiger partial charge in [0.25, 0.3) is 0 Å². The molecule has 102 valence electrons. The summed E-state index contributed by atoms with van der Waals surface area (Å²) in [6.45, 7) is 0.353. The van der Waals surface area contributed by atoms with Gasteiger partial charge in [0, 0.05) is 18.1 Å². The first-order valence-corrected chi connectivity index (χ1v) is 8.89. The monoisotopic (exact) mass is 379 g/mol. The Morgan fingerprint density at radius 2 is 2.11 bits per heavy atom. The number of halogens is 2. The Bertz CT molecular complexity index is 671. The van der Waals surface area contributed by atoms with Crippen LogP contribution in [0.1, 0.15) is 5.56 Å². The molecule has 0 N–H and O–H groups in total. The molecule has 0 aliphatic heterocycles. The van der Waals surface area contributed by atoms with Crippen LogP contribution in [0.15, 0.2) is 44.4 Å². The molecule has 0 saturated heterocycles. The van der Waals surface area contributed by atoms with Crippen LogP contribution in [0.4, 0.5) is 0 Å². The van der Waals surface area contributed by atoms with Crippen molar-refractivity contribution in [3.05, 3.63) is 50.1 Å². The maximum Gasteiger partial charge on any atom is 0.243 e. The van der Waals surface area contributed by atoms with Gasteiger partial charge in [-0.1, -0.05) is 11.6 Å². The first kappa shape index (κ1) is 15.0. The summed E-state index contributed by atoms with van der Waals surface area (Å²) >= 11 is 10.7. The molecule has 7 heteroatoms. The normalized spacial score (nSPS) is 12.0. The lowest BCUT2D eigenvalue weighted by molar-refractivity contribution is 0.467. The minimum atomic E-state index is -3.51. The van der Waals surface area contributed by atoms with E-state index in [0.717, 1.165) is 5.56 Å². The molecule has 0 bridgehead atoms. The summed E-state index contributed by atoms with van der Waals surface area (Å²) in [7, 11) is -1.94. The average molecular weight is 381 g/mol. The lowest BCUT2D eigenvalue weighted by Gasteiger charge is -2.17. The molecule has 0 atom stereocenters. The zero-order valence-electron chi connectivity index (χ0n) is 10.0. The zero-order valence-corrected chi connectivity index (χ0v) is 14.0. The quantitative estimate of drug-likeness (QED) is 0.804. The summed E-state index contributed by atoms with van der Waals surface area (Å²) in [5.74, 6) is 0. The number of benzene rings is 1. The van der Waals surface area contributed by atoms with Gasteiger partial charge in [-0.05, 0) is 56.5 Å². The summed E-state index contributed by atoms with van der Waals surface area (Å²) in [6.07, 6.45) is 0. The van der Waals surface area contributed by atoms with Gasteiger partial charge < -0.3 is 0 Å². The minimum absolute atomic E-state index is 0.224. The van der Waals surface area contributed by atoms with Crippen LogP contribution in [0.2, 0.25) is 5.02 Å². The van der Waals surface area contributed by atoms with Crippen LogP contribution in [0.3, 0.4) is 0 Å². The number of sulfonamides is 1. The van der Waals surface area contributed by atoms with E-state index in [9.17, 15) is 8.42 Å². The molecule has 0 unspecified atom stereocenters. The van der Waals surface area contributed by atoms with E-state index in [1.807, 2.05) is 16.8 Å². The maximum absolute atomic E-state index is 12.4. The van der Waals surface area contributed by atoms with E-state index in [4.69, 9.17) is 11.6 Å². The number of nitrogens with zero attached hydrogens (tertiary/aromatic N) is 1. The van der Waals surface area contributed by atoms with Crippen molar-refractivity contribution in [1.82, 2.24) is 4.31 Å². The van der Waals surface area contributed by atoms with Crippen molar-refractivity contribution in [2.45, 2.75) is 11.4 Å². The highest BCUT2D eigenvalue weighted by atomic mass is 79.9. The molecule has 1 aromatic heterocycles. The highest BCUT2D eigenvalue weighted by molar-refractivity contribution is 9.10. The third-order valence-electron chi connectivity index (χ3n) is 2.58. The van der Waals surface area contributed by atoms with Gasteiger partial charge in [-0.2, -0.15) is 15.6 Å². The van der Waals surface area contributed by atoms with Crippen molar-refractivity contribution >= 4 is 48.9 Å². The maximum atomic E-state index is 12.4. The molecule has 0 aliphatic carbocycles. The van der Waals surface area contributed by atoms with Crippen LogP contribution >= 0.6 is 38.9 Å². The fourth-order valence-electron chi connectivity index (χ4n) is 1.54. The Morgan fingerprint density at radius 1 is 1.37 bits per heavy atom. The molecule has 0 aliphatic rings. The van der Waals surface area contributed by atoms with Gasteiger partial charge in [0.15, 0.2) is 0 Å². The summed E-state index contributed by atoms with van der Waals surface area (Å²) in [5, 5.41) is 4.35. The molecule has 0 spiro atoms. The van der Waals surface area contributed by atoms with Gasteiger partial charge in [0.2, 0.25) is 10.0 Å². The van der Waals surface area contributed by atoms with Crippen LogP contribution < -0.4 is 0 Å². The van der Waals surface area contributed by atoms with Crippen LogP contribution in [-0.2, 0) is 16.6 Å². The van der Waals surface area contributed by atoms with Crippen molar-refractivity contribution in [2.24, 2.45) is 0 Å². The number of thiophene rings is 1. The summed E-state index contributed by atoms with van der Waals surface area (Å²) in [4.78, 5) is 0.224. The van der Waals surface area contributed by atoms with E-state index in [1.165, 1.54) is 16.4 Å². The molecule has 2 rings (SSSR count). The fraction of sp³-hybridized carbons (Fsp3) is 0.167. The summed E-state index contributed by atoms with van der Waals surface area (Å²) < 4.78 is 26.7. The van der Waals surface area contributed by atoms with E-state index in [2.05, 4.69) is 15.9 Å². The van der Waals surface area contributed by atoms with Crippen LogP contribution in [-0.4, -0.2) is 19.8 Å². The smallest absolute Gasteiger partial charge is 0.207 e. The Morgan fingerprint density at radius 3 is 2.68 bits per heavy atom. The Hall–Kier alpha value is -0.400. The lowest BCUT2D eigenvalue weighted by atomic mass is 10.3. The molecule has 0 saturated carbocycles. The molecular weight excluding hydrogens is 370 g/mol. The second kappa shape index (κ2) is 5.93. The van der Waals surface area contributed by atoms with Crippen molar-refractivity contribution in [3.8, 4) is 0 Å². The van der Waals surface area contributed by atoms with Gasteiger partial charge in [-0.15, -0.1) is 0 Å². The Kier molecular flexibility index (Phi) is 4.68. The highest BCUT2D eigenvalue weighted by Gasteiger charge is 2.21. The van der Waals surface area contributed by atoms with Crippen molar-refractivity contribution in [1.29, 1.82) is 0 Å². The van der Waals surface area contributed by atoms with Gasteiger partial charge in [-0.25, -0.2) is 8.42 Å². The SMILES string of the molecule is CN(Cc1ccsc1)S(=O)(=O)c1ccc(Cl)c(Br)c1. The van der Waals surface area contributed by atoms with Gasteiger partial charge in [-0.3, -0.25) is 0 Å². The fourth-order valence-corrected chi connectivity index (χ4v) is 4.04. The third kappa shape index (κ3) is 3.38. The van der Waals surface area contributed by atoms with E-state index < -0.39 is 10.0 Å². The number of rotatable bonds is 4. The predicted octanol–water partition coefficient (Wildman–Crippen LogP) is 3.98. The standard InChI is InChI=1S/C12H11BrClNO2S2/c1-15(7-9-4-5-18-8-9)19(16,17)10-2-3-12(14)11(13)6-10/h2-6,8H,7H2,1H3. The zero-order chi connectivity index (χ0) is 14.0. The van der Waals surface area contributed by atoms with Crippen molar-refractivity contribution in [3.63, 3.8) is 0 Å². The van der Waals surface area contributed by atoms with E-state index in [-0.39, 0.29) is 4.90 Å². The molecule has 0 amide bonds. The third-order valence-corrected chi connectivity index (χ3v) is 6.33. The Labute approximate surface area is 130 Å². The summed E-state index contributed by atoms with van der Waals surface area (Å²) in [5.41, 5.74) is 0.976. The van der Waals surface area contributed by atoms with Crippen LogP contribution in [0.5, 0.6) is 0 Å². The molecule has 0 radical (unpaired) electrons. The first-order valence-electron chi connectivity index (χ1n) is 5.34. The Balaban J connectivity index is 2.28. The molecule has 1 aromatic carbocycles. The second-order valence-corrected chi connectivity index (χ2v) is 8.06. The molecular formula is C12H11BrClNO2S2. The van der Waals surface area contributed by atoms with Gasteiger partial charge in [0.1, 0.15) is 0 Å². The first-order chi connectivity index (χ1) is 8.91. The molecule has 3 nitrogen and oxygen atoms in total. The molecule has 0 fully saturated rings. The van der Waals surface area contributed by atoms with Gasteiger partial charge >= 0.3 is 0 Å². The van der Waals surface area contributed by atoms with E-state index in [1.54, 1.807) is 24.5 Å². The lowest BCUT2D eigenvalue weighted by Crippen LogP contribution is -2.26. The largest absolute Gasteiger partial charge is 0.243 e. The van der Waals surface area contributed by atoms with Crippen LogP contribution in [0.25, 0.3) is 0 Å². The van der Waals surface area contributed by atoms with Crippen molar-refractivity contribution < 1.29 is 8.42 Å². The van der Waals surface area contributed by atoms with Crippen LogP contribution in [0, 0.1) is 0 Å². The minimum Gasteiger partial charge on any atom is -0.207 e. The average Bonchev–Trinajstić information content (AvgIpc) is 2.85. The molecule has 1 heterocycles. The number of hydrogen-bond acceptors (Lipinski definition) is 3. The summed E-state index contributed by atoms with van der Waals surface area (Å²) in [6, 6.07) is 6.50. The van der Waals surface area contributed by atoms with E-state index in [0.29, 0.717) is 16.0 Å². The van der Waals surface area contributed by atoms with Crippen molar-refractivity contribution in [2.75, 3.05) is 7.05 Å². The van der Waals surface area contributed by atoms with E-state index >= 15 is 0 Å². The van der Waals surface area contributed by atoms with Gasteiger partial charge in [0.05, 0.1) is 9.92 Å². The topological polar surface area (TPSA) is 37.4 Å². The predicted molar refractivity (Wildman–Crippen MR) is 82.1 cm³/mol. The molecule has 19 heavy (non-hydrogen) atoms. The second-order valence-electron chi connectivity index (χ2n) is 3.97. The molecule has 2 aromatic rings.